The SMILES string of the molecule is COc1cc(/C=C/c2cc(OCOCC[Si](C)(C)C)cc(C)c2CC=C(C)C)cc(OCOCC[Si](C)(C)C)c1. The molecule has 0 spiro atoms. The van der Waals surface area contributed by atoms with E-state index in [0.717, 1.165) is 60.1 Å². The number of hydrogen-bond acceptors (Lipinski definition) is 5. The van der Waals surface area contributed by atoms with E-state index in [1.165, 1.54) is 16.7 Å². The smallest absolute Gasteiger partial charge is 0.189 e. The van der Waals surface area contributed by atoms with Gasteiger partial charge in [0.25, 0.3) is 0 Å². The summed E-state index contributed by atoms with van der Waals surface area (Å²) in [7, 11) is -0.575. The van der Waals surface area contributed by atoms with Gasteiger partial charge in [0.1, 0.15) is 17.2 Å². The molecule has 5 nitrogen and oxygen atoms in total. The van der Waals surface area contributed by atoms with E-state index >= 15 is 0 Å². The minimum absolute atomic E-state index is 0.228. The molecule has 0 heterocycles. The Morgan fingerprint density at radius 1 is 0.725 bits per heavy atom. The van der Waals surface area contributed by atoms with Crippen LogP contribution in [0.3, 0.4) is 0 Å². The fraction of sp³-hybridized carbons (Fsp3) is 0.515. The molecule has 0 saturated heterocycles. The van der Waals surface area contributed by atoms with E-state index in [0.29, 0.717) is 0 Å². The lowest BCUT2D eigenvalue weighted by molar-refractivity contribution is 0.0217. The van der Waals surface area contributed by atoms with Crippen LogP contribution < -0.4 is 14.2 Å². The molecule has 0 radical (unpaired) electrons. The number of hydrogen-bond donors (Lipinski definition) is 0. The van der Waals surface area contributed by atoms with Gasteiger partial charge in [0, 0.05) is 35.4 Å². The molecule has 0 fully saturated rings. The molecule has 0 aromatic heterocycles. The largest absolute Gasteiger partial charge is 0.497 e. The topological polar surface area (TPSA) is 46.2 Å². The Kier molecular flexibility index (Phi) is 13.7. The average Bonchev–Trinajstić information content (AvgIpc) is 2.84. The number of rotatable bonds is 17. The van der Waals surface area contributed by atoms with Gasteiger partial charge in [-0.3, -0.25) is 0 Å². The van der Waals surface area contributed by atoms with E-state index in [4.69, 9.17) is 23.7 Å². The van der Waals surface area contributed by atoms with Crippen molar-refractivity contribution >= 4 is 28.3 Å². The van der Waals surface area contributed by atoms with Gasteiger partial charge < -0.3 is 23.7 Å². The lowest BCUT2D eigenvalue weighted by atomic mass is 9.96. The van der Waals surface area contributed by atoms with Crippen molar-refractivity contribution < 1.29 is 23.7 Å². The minimum atomic E-state index is -1.12. The number of ether oxygens (including phenoxy) is 5. The minimum Gasteiger partial charge on any atom is -0.497 e. The van der Waals surface area contributed by atoms with Crippen LogP contribution >= 0.6 is 0 Å². The van der Waals surface area contributed by atoms with Crippen molar-refractivity contribution in [3.05, 3.63) is 64.2 Å². The molecule has 0 N–H and O–H groups in total. The van der Waals surface area contributed by atoms with Crippen LogP contribution in [0.4, 0.5) is 0 Å². The molecule has 0 saturated carbocycles. The van der Waals surface area contributed by atoms with Crippen LogP contribution in [-0.2, 0) is 15.9 Å². The highest BCUT2D eigenvalue weighted by atomic mass is 28.3. The predicted octanol–water partition coefficient (Wildman–Crippen LogP) is 9.06. The lowest BCUT2D eigenvalue weighted by Crippen LogP contribution is -2.22. The molecule has 0 atom stereocenters. The van der Waals surface area contributed by atoms with Crippen LogP contribution in [0.5, 0.6) is 17.2 Å². The van der Waals surface area contributed by atoms with Crippen LogP contribution in [0.25, 0.3) is 12.2 Å². The summed E-state index contributed by atoms with van der Waals surface area (Å²) in [5.41, 5.74) is 5.88. The van der Waals surface area contributed by atoms with E-state index in [1.807, 2.05) is 18.2 Å². The van der Waals surface area contributed by atoms with Gasteiger partial charge in [0.15, 0.2) is 13.6 Å². The van der Waals surface area contributed by atoms with Gasteiger partial charge >= 0.3 is 0 Å². The van der Waals surface area contributed by atoms with Crippen LogP contribution in [-0.4, -0.2) is 50.1 Å². The molecule has 7 heteroatoms. The molecule has 0 bridgehead atoms. The third kappa shape index (κ3) is 13.8. The Balaban J connectivity index is 2.20. The Hall–Kier alpha value is -2.33. The fourth-order valence-electron chi connectivity index (χ4n) is 3.80. The molecule has 2 rings (SSSR count). The maximum Gasteiger partial charge on any atom is 0.189 e. The van der Waals surface area contributed by atoms with Crippen molar-refractivity contribution in [3.63, 3.8) is 0 Å². The van der Waals surface area contributed by atoms with Gasteiger partial charge in [0.05, 0.1) is 7.11 Å². The first-order valence-electron chi connectivity index (χ1n) is 14.3. The summed E-state index contributed by atoms with van der Waals surface area (Å²) in [5.74, 6) is 2.28. The second-order valence-corrected chi connectivity index (χ2v) is 24.3. The lowest BCUT2D eigenvalue weighted by Gasteiger charge is -2.16. The van der Waals surface area contributed by atoms with E-state index < -0.39 is 16.1 Å². The zero-order valence-corrected chi connectivity index (χ0v) is 28.6. The number of benzene rings is 2. The zero-order valence-electron chi connectivity index (χ0n) is 26.6. The van der Waals surface area contributed by atoms with Gasteiger partial charge in [-0.1, -0.05) is 63.1 Å². The number of aryl methyl sites for hydroxylation is 1. The van der Waals surface area contributed by atoms with Gasteiger partial charge in [-0.2, -0.15) is 0 Å². The molecule has 0 aliphatic heterocycles. The summed E-state index contributed by atoms with van der Waals surface area (Å²) >= 11 is 0. The van der Waals surface area contributed by atoms with E-state index in [-0.39, 0.29) is 13.6 Å². The number of allylic oxidation sites excluding steroid dienone is 2. The normalized spacial score (nSPS) is 12.1. The van der Waals surface area contributed by atoms with Crippen molar-refractivity contribution in [1.82, 2.24) is 0 Å². The fourth-order valence-corrected chi connectivity index (χ4v) is 5.31. The summed E-state index contributed by atoms with van der Waals surface area (Å²) < 4.78 is 29.0. The van der Waals surface area contributed by atoms with Crippen molar-refractivity contribution in [2.75, 3.05) is 33.9 Å². The van der Waals surface area contributed by atoms with Crippen molar-refractivity contribution in [2.45, 2.75) is 78.6 Å². The van der Waals surface area contributed by atoms with Gasteiger partial charge in [0.2, 0.25) is 0 Å². The maximum atomic E-state index is 6.01. The Morgan fingerprint density at radius 3 is 1.80 bits per heavy atom. The first-order chi connectivity index (χ1) is 18.8. The van der Waals surface area contributed by atoms with Gasteiger partial charge in [-0.25, -0.2) is 0 Å². The van der Waals surface area contributed by atoms with E-state index in [9.17, 15) is 0 Å². The third-order valence-corrected chi connectivity index (χ3v) is 9.81. The molecule has 222 valence electrons. The molecule has 0 aliphatic rings. The average molecular weight is 585 g/mol. The summed E-state index contributed by atoms with van der Waals surface area (Å²) in [6.45, 7) is 22.4. The second kappa shape index (κ2) is 16.2. The highest BCUT2D eigenvalue weighted by Gasteiger charge is 2.13. The molecule has 0 aliphatic carbocycles. The van der Waals surface area contributed by atoms with Crippen molar-refractivity contribution in [3.8, 4) is 17.2 Å². The van der Waals surface area contributed by atoms with E-state index in [1.54, 1.807) is 7.11 Å². The molecular weight excluding hydrogens is 533 g/mol. The van der Waals surface area contributed by atoms with Gasteiger partial charge in [-0.15, -0.1) is 0 Å². The first-order valence-corrected chi connectivity index (χ1v) is 21.7. The zero-order chi connectivity index (χ0) is 29.8. The Labute approximate surface area is 245 Å². The van der Waals surface area contributed by atoms with Crippen molar-refractivity contribution in [1.29, 1.82) is 0 Å². The third-order valence-electron chi connectivity index (χ3n) is 6.40. The Morgan fingerprint density at radius 2 is 1.27 bits per heavy atom. The molecule has 2 aromatic rings. The molecule has 0 amide bonds. The monoisotopic (exact) mass is 584 g/mol. The van der Waals surface area contributed by atoms with Crippen LogP contribution in [0, 0.1) is 6.92 Å². The molecule has 40 heavy (non-hydrogen) atoms. The highest BCUT2D eigenvalue weighted by Crippen LogP contribution is 2.28. The Bertz CT molecular complexity index is 1120. The van der Waals surface area contributed by atoms with Crippen LogP contribution in [0.1, 0.15) is 36.1 Å². The summed E-state index contributed by atoms with van der Waals surface area (Å²) in [4.78, 5) is 0. The first kappa shape index (κ1) is 33.9. The van der Waals surface area contributed by atoms with Crippen LogP contribution in [0.2, 0.25) is 51.4 Å². The summed E-state index contributed by atoms with van der Waals surface area (Å²) in [6.07, 6.45) is 7.36. The summed E-state index contributed by atoms with van der Waals surface area (Å²) in [5, 5.41) is 0. The summed E-state index contributed by atoms with van der Waals surface area (Å²) in [6, 6.07) is 12.4. The highest BCUT2D eigenvalue weighted by molar-refractivity contribution is 6.76. The molecule has 2 aromatic carbocycles. The second-order valence-electron chi connectivity index (χ2n) is 13.0. The van der Waals surface area contributed by atoms with E-state index in [2.05, 4.69) is 90.4 Å². The number of methoxy groups -OCH3 is 1. The quantitative estimate of drug-likeness (QED) is 0.0610. The van der Waals surface area contributed by atoms with Crippen LogP contribution in [0.15, 0.2) is 42.0 Å². The molecule has 0 unspecified atom stereocenters. The molecular formula is C33H52O5Si2. The maximum absolute atomic E-state index is 6.01. The van der Waals surface area contributed by atoms with Gasteiger partial charge in [-0.05, 0) is 85.8 Å². The standard InChI is InChI=1S/C33H52O5Si2/c1-26(2)11-14-33-27(3)19-31(37-24-35-15-17-39(5,6)7)22-29(33)13-12-28-20-30(34-4)23-32(21-28)38-25-36-16-18-40(8,9)10/h11-13,19-23H,14-18,24-25H2,1-10H3/b13-12+. The van der Waals surface area contributed by atoms with Crippen molar-refractivity contribution in [2.24, 2.45) is 0 Å². The predicted molar refractivity (Wildman–Crippen MR) is 175 cm³/mol.